The summed E-state index contributed by atoms with van der Waals surface area (Å²) in [5, 5.41) is 3.50. The maximum Gasteiger partial charge on any atom is 0.214 e. The van der Waals surface area contributed by atoms with Crippen molar-refractivity contribution in [3.63, 3.8) is 0 Å². The van der Waals surface area contributed by atoms with Crippen LogP contribution >= 0.6 is 0 Å². The topological polar surface area (TPSA) is 60.2 Å². The molecule has 0 spiro atoms. The van der Waals surface area contributed by atoms with Crippen molar-refractivity contribution < 1.29 is 4.74 Å². The molecule has 1 fully saturated rings. The van der Waals surface area contributed by atoms with Crippen molar-refractivity contribution in [2.45, 2.75) is 37.6 Å². The molecule has 94 valence electrons. The molecule has 17 heavy (non-hydrogen) atoms. The zero-order valence-electron chi connectivity index (χ0n) is 10.4. The fourth-order valence-electron chi connectivity index (χ4n) is 2.48. The van der Waals surface area contributed by atoms with Gasteiger partial charge in [0.1, 0.15) is 5.82 Å². The van der Waals surface area contributed by atoms with Gasteiger partial charge in [-0.1, -0.05) is 25.3 Å². The van der Waals surface area contributed by atoms with Gasteiger partial charge in [0, 0.05) is 12.6 Å². The van der Waals surface area contributed by atoms with Crippen LogP contribution in [0.25, 0.3) is 0 Å². The van der Waals surface area contributed by atoms with Crippen LogP contribution in [-0.2, 0) is 0 Å². The lowest BCUT2D eigenvalue weighted by atomic mass is 9.81. The van der Waals surface area contributed by atoms with E-state index in [0.717, 1.165) is 18.7 Å². The molecule has 1 aromatic rings. The monoisotopic (exact) mass is 235 g/mol. The molecular weight excluding hydrogens is 214 g/mol. The molecule has 0 bridgehead atoms. The molecule has 0 amide bonds. The minimum Gasteiger partial charge on any atom is -0.481 e. The standard InChI is InChI=1S/C13H21N3O/c1-17-12-7-5-6-11(15-12)16-13(10-14)8-3-2-4-9-13/h5-7H,2-4,8-10,14H2,1H3,(H,15,16). The Labute approximate surface area is 103 Å². The predicted octanol–water partition coefficient (Wildman–Crippen LogP) is 2.16. The first-order chi connectivity index (χ1) is 8.28. The Morgan fingerprint density at radius 3 is 2.76 bits per heavy atom. The third-order valence-electron chi connectivity index (χ3n) is 3.53. The Morgan fingerprint density at radius 2 is 2.12 bits per heavy atom. The van der Waals surface area contributed by atoms with Gasteiger partial charge in [-0.15, -0.1) is 0 Å². The zero-order chi connectivity index (χ0) is 12.1. The van der Waals surface area contributed by atoms with E-state index in [1.54, 1.807) is 7.11 Å². The van der Waals surface area contributed by atoms with Crippen molar-refractivity contribution in [2.24, 2.45) is 5.73 Å². The number of nitrogens with one attached hydrogen (secondary N) is 1. The zero-order valence-corrected chi connectivity index (χ0v) is 10.4. The molecule has 4 nitrogen and oxygen atoms in total. The molecule has 0 unspecified atom stereocenters. The quantitative estimate of drug-likeness (QED) is 0.839. The van der Waals surface area contributed by atoms with Crippen LogP contribution in [0, 0.1) is 0 Å². The average molecular weight is 235 g/mol. The SMILES string of the molecule is COc1cccc(NC2(CN)CCCCC2)n1. The molecule has 1 saturated carbocycles. The summed E-state index contributed by atoms with van der Waals surface area (Å²) in [5.41, 5.74) is 5.96. The number of hydrogen-bond acceptors (Lipinski definition) is 4. The molecule has 4 heteroatoms. The lowest BCUT2D eigenvalue weighted by Crippen LogP contribution is -2.47. The van der Waals surface area contributed by atoms with Crippen LogP contribution in [0.3, 0.4) is 0 Å². The van der Waals surface area contributed by atoms with Gasteiger partial charge in [-0.2, -0.15) is 4.98 Å². The highest BCUT2D eigenvalue weighted by molar-refractivity contribution is 5.40. The van der Waals surface area contributed by atoms with Crippen LogP contribution in [0.1, 0.15) is 32.1 Å². The van der Waals surface area contributed by atoms with E-state index in [2.05, 4.69) is 10.3 Å². The van der Waals surface area contributed by atoms with E-state index < -0.39 is 0 Å². The average Bonchev–Trinajstić information content (AvgIpc) is 2.40. The second-order valence-corrected chi connectivity index (χ2v) is 4.74. The van der Waals surface area contributed by atoms with Gasteiger partial charge < -0.3 is 15.8 Å². The normalized spacial score (nSPS) is 18.7. The van der Waals surface area contributed by atoms with Gasteiger partial charge >= 0.3 is 0 Å². The summed E-state index contributed by atoms with van der Waals surface area (Å²) in [5.74, 6) is 1.50. The largest absolute Gasteiger partial charge is 0.481 e. The molecule has 0 aromatic carbocycles. The highest BCUT2D eigenvalue weighted by Gasteiger charge is 2.30. The molecule has 3 N–H and O–H groups in total. The summed E-state index contributed by atoms with van der Waals surface area (Å²) in [6, 6.07) is 5.76. The molecule has 0 atom stereocenters. The van der Waals surface area contributed by atoms with Gasteiger partial charge in [0.2, 0.25) is 5.88 Å². The van der Waals surface area contributed by atoms with Crippen molar-refractivity contribution in [3.8, 4) is 5.88 Å². The maximum atomic E-state index is 5.94. The van der Waals surface area contributed by atoms with Crippen LogP contribution in [0.5, 0.6) is 5.88 Å². The Morgan fingerprint density at radius 1 is 1.35 bits per heavy atom. The van der Waals surface area contributed by atoms with Gasteiger partial charge in [0.05, 0.1) is 12.6 Å². The summed E-state index contributed by atoms with van der Waals surface area (Å²) in [6.45, 7) is 0.659. The summed E-state index contributed by atoms with van der Waals surface area (Å²) >= 11 is 0. The second-order valence-electron chi connectivity index (χ2n) is 4.74. The molecule has 1 heterocycles. The summed E-state index contributed by atoms with van der Waals surface area (Å²) in [4.78, 5) is 4.39. The third kappa shape index (κ3) is 2.88. The molecule has 0 saturated heterocycles. The predicted molar refractivity (Wildman–Crippen MR) is 69.3 cm³/mol. The highest BCUT2D eigenvalue weighted by atomic mass is 16.5. The lowest BCUT2D eigenvalue weighted by Gasteiger charge is -2.37. The first-order valence-corrected chi connectivity index (χ1v) is 6.27. The maximum absolute atomic E-state index is 5.94. The number of nitrogens with two attached hydrogens (primary N) is 1. The fourth-order valence-corrected chi connectivity index (χ4v) is 2.48. The molecule has 0 radical (unpaired) electrons. The molecule has 0 aliphatic heterocycles. The Kier molecular flexibility index (Phi) is 3.84. The van der Waals surface area contributed by atoms with E-state index in [0.29, 0.717) is 12.4 Å². The number of aromatic nitrogens is 1. The molecular formula is C13H21N3O. The number of nitrogens with zero attached hydrogens (tertiary/aromatic N) is 1. The Hall–Kier alpha value is -1.29. The molecule has 1 aliphatic rings. The smallest absolute Gasteiger partial charge is 0.214 e. The van der Waals surface area contributed by atoms with E-state index in [9.17, 15) is 0 Å². The van der Waals surface area contributed by atoms with Crippen molar-refractivity contribution in [2.75, 3.05) is 19.0 Å². The number of rotatable bonds is 4. The van der Waals surface area contributed by atoms with Crippen molar-refractivity contribution in [3.05, 3.63) is 18.2 Å². The second kappa shape index (κ2) is 5.36. The van der Waals surface area contributed by atoms with Crippen LogP contribution < -0.4 is 15.8 Å². The van der Waals surface area contributed by atoms with Crippen LogP contribution in [0.2, 0.25) is 0 Å². The van der Waals surface area contributed by atoms with Gasteiger partial charge in [0.25, 0.3) is 0 Å². The Bertz CT molecular complexity index is 361. The van der Waals surface area contributed by atoms with Gasteiger partial charge in [-0.05, 0) is 18.9 Å². The minimum absolute atomic E-state index is 0.0254. The van der Waals surface area contributed by atoms with E-state index in [1.807, 2.05) is 18.2 Å². The van der Waals surface area contributed by atoms with E-state index >= 15 is 0 Å². The minimum atomic E-state index is 0.0254. The van der Waals surface area contributed by atoms with E-state index in [-0.39, 0.29) is 5.54 Å². The number of hydrogen-bond donors (Lipinski definition) is 2. The highest BCUT2D eigenvalue weighted by Crippen LogP contribution is 2.30. The van der Waals surface area contributed by atoms with Gasteiger partial charge in [-0.25, -0.2) is 0 Å². The van der Waals surface area contributed by atoms with Crippen LogP contribution in [-0.4, -0.2) is 24.2 Å². The van der Waals surface area contributed by atoms with E-state index in [1.165, 1.54) is 19.3 Å². The molecule has 2 rings (SSSR count). The first-order valence-electron chi connectivity index (χ1n) is 6.27. The number of methoxy groups -OCH3 is 1. The summed E-state index contributed by atoms with van der Waals surface area (Å²) in [7, 11) is 1.63. The first kappa shape index (κ1) is 12.2. The number of anilines is 1. The molecule has 1 aliphatic carbocycles. The van der Waals surface area contributed by atoms with Crippen molar-refractivity contribution >= 4 is 5.82 Å². The van der Waals surface area contributed by atoms with Crippen LogP contribution in [0.15, 0.2) is 18.2 Å². The number of ether oxygens (including phenoxy) is 1. The third-order valence-corrected chi connectivity index (χ3v) is 3.53. The lowest BCUT2D eigenvalue weighted by molar-refractivity contribution is 0.329. The van der Waals surface area contributed by atoms with E-state index in [4.69, 9.17) is 10.5 Å². The number of pyridine rings is 1. The van der Waals surface area contributed by atoms with Crippen molar-refractivity contribution in [1.82, 2.24) is 4.98 Å². The molecule has 1 aromatic heterocycles. The summed E-state index contributed by atoms with van der Waals surface area (Å²) in [6.07, 6.45) is 6.06. The fraction of sp³-hybridized carbons (Fsp3) is 0.615. The van der Waals surface area contributed by atoms with Crippen LogP contribution in [0.4, 0.5) is 5.82 Å². The van der Waals surface area contributed by atoms with Gasteiger partial charge in [-0.3, -0.25) is 0 Å². The van der Waals surface area contributed by atoms with Gasteiger partial charge in [0.15, 0.2) is 0 Å². The van der Waals surface area contributed by atoms with Crippen molar-refractivity contribution in [1.29, 1.82) is 0 Å². The summed E-state index contributed by atoms with van der Waals surface area (Å²) < 4.78 is 5.13. The Balaban J connectivity index is 2.11.